The first-order chi connectivity index (χ1) is 10.7. The van der Waals surface area contributed by atoms with Gasteiger partial charge in [-0.15, -0.1) is 0 Å². The quantitative estimate of drug-likeness (QED) is 0.813. The molecule has 1 saturated carbocycles. The van der Waals surface area contributed by atoms with E-state index in [2.05, 4.69) is 18.3 Å². The molecule has 0 bridgehead atoms. The van der Waals surface area contributed by atoms with Crippen molar-refractivity contribution in [2.45, 2.75) is 51.1 Å². The topological polar surface area (TPSA) is 50.7 Å². The van der Waals surface area contributed by atoms with Gasteiger partial charge in [0.2, 0.25) is 0 Å². The van der Waals surface area contributed by atoms with E-state index in [9.17, 15) is 5.11 Å². The summed E-state index contributed by atoms with van der Waals surface area (Å²) in [6, 6.07) is 6.90. The predicted molar refractivity (Wildman–Crippen MR) is 88.7 cm³/mol. The van der Waals surface area contributed by atoms with Gasteiger partial charge in [0.15, 0.2) is 11.5 Å². The zero-order chi connectivity index (χ0) is 15.9. The average Bonchev–Trinajstić information content (AvgIpc) is 2.55. The summed E-state index contributed by atoms with van der Waals surface area (Å²) in [5, 5.41) is 13.2. The number of rotatable bonds is 7. The van der Waals surface area contributed by atoms with Crippen LogP contribution in [0, 0.1) is 5.92 Å². The lowest BCUT2D eigenvalue weighted by molar-refractivity contribution is 0.147. The minimum atomic E-state index is 0.292. The van der Waals surface area contributed by atoms with Crippen LogP contribution in [0.4, 0.5) is 0 Å². The summed E-state index contributed by atoms with van der Waals surface area (Å²) >= 11 is 0. The van der Waals surface area contributed by atoms with Crippen molar-refractivity contribution in [3.8, 4) is 11.5 Å². The van der Waals surface area contributed by atoms with Gasteiger partial charge < -0.3 is 19.9 Å². The summed E-state index contributed by atoms with van der Waals surface area (Å²) < 4.78 is 10.6. The number of hydrogen-bond donors (Lipinski definition) is 2. The molecule has 2 rings (SSSR count). The molecule has 0 aromatic heterocycles. The van der Waals surface area contributed by atoms with Gasteiger partial charge in [0, 0.05) is 18.7 Å². The smallest absolute Gasteiger partial charge is 0.160 e. The third-order valence-electron chi connectivity index (χ3n) is 4.63. The lowest BCUT2D eigenvalue weighted by atomic mass is 9.84. The summed E-state index contributed by atoms with van der Waals surface area (Å²) in [6.45, 7) is 2.50. The van der Waals surface area contributed by atoms with Crippen molar-refractivity contribution >= 4 is 0 Å². The molecule has 124 valence electrons. The van der Waals surface area contributed by atoms with Gasteiger partial charge in [-0.1, -0.05) is 18.9 Å². The normalized spacial score (nSPS) is 23.1. The van der Waals surface area contributed by atoms with E-state index in [0.29, 0.717) is 24.6 Å². The van der Waals surface area contributed by atoms with Crippen molar-refractivity contribution in [1.82, 2.24) is 5.32 Å². The molecule has 2 N–H and O–H groups in total. The average molecular weight is 307 g/mol. The van der Waals surface area contributed by atoms with Gasteiger partial charge in [-0.25, -0.2) is 0 Å². The van der Waals surface area contributed by atoms with Crippen LogP contribution in [0.25, 0.3) is 0 Å². The van der Waals surface area contributed by atoms with Gasteiger partial charge >= 0.3 is 0 Å². The maximum absolute atomic E-state index is 9.52. The van der Waals surface area contributed by atoms with Crippen molar-refractivity contribution in [1.29, 1.82) is 0 Å². The number of nitrogens with one attached hydrogen (secondary N) is 1. The summed E-state index contributed by atoms with van der Waals surface area (Å²) in [4.78, 5) is 0. The maximum Gasteiger partial charge on any atom is 0.160 e. The molecular weight excluding hydrogens is 278 g/mol. The Morgan fingerprint density at radius 2 is 1.91 bits per heavy atom. The molecule has 1 aliphatic rings. The Morgan fingerprint density at radius 1 is 1.18 bits per heavy atom. The molecule has 0 saturated heterocycles. The minimum Gasteiger partial charge on any atom is -0.493 e. The van der Waals surface area contributed by atoms with Gasteiger partial charge in [0.1, 0.15) is 0 Å². The molecule has 0 heterocycles. The van der Waals surface area contributed by atoms with Crippen molar-refractivity contribution < 1.29 is 14.6 Å². The second-order valence-electron chi connectivity index (χ2n) is 6.29. The molecule has 4 nitrogen and oxygen atoms in total. The summed E-state index contributed by atoms with van der Waals surface area (Å²) in [6.07, 6.45) is 5.75. The Hall–Kier alpha value is -1.26. The van der Waals surface area contributed by atoms with Crippen LogP contribution in [0.2, 0.25) is 0 Å². The summed E-state index contributed by atoms with van der Waals surface area (Å²) in [5.74, 6) is 1.94. The van der Waals surface area contributed by atoms with E-state index < -0.39 is 0 Å². The lowest BCUT2D eigenvalue weighted by Crippen LogP contribution is -2.45. The van der Waals surface area contributed by atoms with E-state index in [1.807, 2.05) is 12.1 Å². The zero-order valence-corrected chi connectivity index (χ0v) is 14.0. The van der Waals surface area contributed by atoms with Crippen LogP contribution < -0.4 is 14.8 Å². The van der Waals surface area contributed by atoms with E-state index >= 15 is 0 Å². The van der Waals surface area contributed by atoms with Gasteiger partial charge in [-0.3, -0.25) is 0 Å². The van der Waals surface area contributed by atoms with Crippen LogP contribution in [0.1, 0.15) is 38.2 Å². The van der Waals surface area contributed by atoms with Crippen LogP contribution in [0.15, 0.2) is 18.2 Å². The lowest BCUT2D eigenvalue weighted by Gasteiger charge is -2.33. The number of aliphatic hydroxyl groups is 1. The first-order valence-electron chi connectivity index (χ1n) is 8.25. The minimum absolute atomic E-state index is 0.292. The second kappa shape index (κ2) is 8.39. The third kappa shape index (κ3) is 4.37. The molecule has 0 spiro atoms. The first-order valence-corrected chi connectivity index (χ1v) is 8.25. The van der Waals surface area contributed by atoms with Crippen molar-refractivity contribution in [3.63, 3.8) is 0 Å². The highest BCUT2D eigenvalue weighted by molar-refractivity contribution is 5.43. The van der Waals surface area contributed by atoms with E-state index in [-0.39, 0.29) is 0 Å². The highest BCUT2D eigenvalue weighted by atomic mass is 16.5. The van der Waals surface area contributed by atoms with Crippen molar-refractivity contribution in [2.24, 2.45) is 5.92 Å². The number of methoxy groups -OCH3 is 2. The van der Waals surface area contributed by atoms with Crippen LogP contribution in [-0.4, -0.2) is 38.0 Å². The molecular formula is C18H29NO3. The van der Waals surface area contributed by atoms with Crippen LogP contribution in [0.5, 0.6) is 11.5 Å². The predicted octanol–water partition coefficient (Wildman–Crippen LogP) is 2.78. The molecule has 1 aromatic rings. The molecule has 1 fully saturated rings. The monoisotopic (exact) mass is 307 g/mol. The molecule has 0 aliphatic heterocycles. The number of aliphatic hydroxyl groups excluding tert-OH is 1. The summed E-state index contributed by atoms with van der Waals surface area (Å²) in [5.41, 5.74) is 1.23. The fourth-order valence-electron chi connectivity index (χ4n) is 3.43. The Kier molecular flexibility index (Phi) is 6.52. The van der Waals surface area contributed by atoms with Crippen molar-refractivity contribution in [3.05, 3.63) is 23.8 Å². The standard InChI is InChI=1S/C18H29NO3/c1-13(19-16-7-5-4-6-15(16)12-20)10-14-8-9-17(21-2)18(11-14)22-3/h8-9,11,13,15-16,19-20H,4-7,10,12H2,1-3H3/t13-,15+,16+/m0/s1. The SMILES string of the molecule is COc1ccc(C[C@H](C)N[C@@H]2CCCC[C@@H]2CO)cc1OC. The van der Waals surface area contributed by atoms with E-state index in [4.69, 9.17) is 9.47 Å². The highest BCUT2D eigenvalue weighted by Crippen LogP contribution is 2.28. The molecule has 22 heavy (non-hydrogen) atoms. The highest BCUT2D eigenvalue weighted by Gasteiger charge is 2.25. The van der Waals surface area contributed by atoms with Crippen molar-refractivity contribution in [2.75, 3.05) is 20.8 Å². The largest absolute Gasteiger partial charge is 0.493 e. The van der Waals surface area contributed by atoms with E-state index in [1.54, 1.807) is 14.2 Å². The number of hydrogen-bond acceptors (Lipinski definition) is 4. The molecule has 1 aliphatic carbocycles. The Labute approximate surface area is 133 Å². The second-order valence-corrected chi connectivity index (χ2v) is 6.29. The molecule has 0 amide bonds. The van der Waals surface area contributed by atoms with Gasteiger partial charge in [-0.2, -0.15) is 0 Å². The zero-order valence-electron chi connectivity index (χ0n) is 14.0. The van der Waals surface area contributed by atoms with Gasteiger partial charge in [0.05, 0.1) is 14.2 Å². The molecule has 4 heteroatoms. The van der Waals surface area contributed by atoms with Gasteiger partial charge in [0.25, 0.3) is 0 Å². The molecule has 0 radical (unpaired) electrons. The summed E-state index contributed by atoms with van der Waals surface area (Å²) in [7, 11) is 3.32. The Bertz CT molecular complexity index is 464. The Morgan fingerprint density at radius 3 is 2.59 bits per heavy atom. The van der Waals surface area contributed by atoms with E-state index in [1.165, 1.54) is 24.8 Å². The Balaban J connectivity index is 1.95. The fourth-order valence-corrected chi connectivity index (χ4v) is 3.43. The number of benzene rings is 1. The maximum atomic E-state index is 9.52. The van der Waals surface area contributed by atoms with Gasteiger partial charge in [-0.05, 0) is 49.8 Å². The number of ether oxygens (including phenoxy) is 2. The molecule has 0 unspecified atom stereocenters. The molecule has 3 atom stereocenters. The first kappa shape index (κ1) is 17.1. The third-order valence-corrected chi connectivity index (χ3v) is 4.63. The van der Waals surface area contributed by atoms with Crippen LogP contribution in [-0.2, 0) is 6.42 Å². The van der Waals surface area contributed by atoms with Crippen LogP contribution >= 0.6 is 0 Å². The molecule has 1 aromatic carbocycles. The van der Waals surface area contributed by atoms with Crippen LogP contribution in [0.3, 0.4) is 0 Å². The van der Waals surface area contributed by atoms with E-state index in [0.717, 1.165) is 24.3 Å². The fraction of sp³-hybridized carbons (Fsp3) is 0.667.